The largest absolute Gasteiger partial charge is 0.480 e. The Labute approximate surface area is 126 Å². The highest BCUT2D eigenvalue weighted by molar-refractivity contribution is 7.99. The van der Waals surface area contributed by atoms with Crippen molar-refractivity contribution in [3.05, 3.63) is 0 Å². The maximum atomic E-state index is 11.8. The maximum Gasteiger partial charge on any atom is 0.326 e. The van der Waals surface area contributed by atoms with E-state index in [1.165, 1.54) is 11.8 Å². The average molecular weight is 313 g/mol. The van der Waals surface area contributed by atoms with Gasteiger partial charge in [0.25, 0.3) is 0 Å². The summed E-state index contributed by atoms with van der Waals surface area (Å²) in [4.78, 5) is 22.9. The lowest BCUT2D eigenvalue weighted by Gasteiger charge is -2.13. The predicted octanol–water partition coefficient (Wildman–Crippen LogP) is 0.860. The number of nitrogens with one attached hydrogen (secondary N) is 1. The Hall–Kier alpha value is -1.64. The molecular weight excluding hydrogens is 294 g/mol. The van der Waals surface area contributed by atoms with Gasteiger partial charge >= 0.3 is 5.97 Å². The molecule has 9 heteroatoms. The number of amides is 1. The van der Waals surface area contributed by atoms with Crippen LogP contribution in [0.2, 0.25) is 0 Å². The molecular formula is C12H19N5O3S. The van der Waals surface area contributed by atoms with Crippen LogP contribution >= 0.6 is 11.8 Å². The lowest BCUT2D eigenvalue weighted by molar-refractivity contribution is -0.141. The van der Waals surface area contributed by atoms with E-state index in [0.717, 1.165) is 25.7 Å². The first-order valence-corrected chi connectivity index (χ1v) is 8.03. The van der Waals surface area contributed by atoms with Crippen molar-refractivity contribution in [2.45, 2.75) is 56.3 Å². The quantitative estimate of drug-likeness (QED) is 0.650. The molecule has 0 spiro atoms. The van der Waals surface area contributed by atoms with E-state index in [1.54, 1.807) is 4.68 Å². The van der Waals surface area contributed by atoms with Crippen molar-refractivity contribution in [3.8, 4) is 0 Å². The van der Waals surface area contributed by atoms with Crippen LogP contribution in [0.5, 0.6) is 0 Å². The summed E-state index contributed by atoms with van der Waals surface area (Å²) in [6.07, 6.45) is 4.22. The Balaban J connectivity index is 1.80. The topological polar surface area (TPSA) is 110 Å². The minimum absolute atomic E-state index is 0.114. The lowest BCUT2D eigenvalue weighted by atomic mass is 10.1. The van der Waals surface area contributed by atoms with Crippen LogP contribution < -0.4 is 5.32 Å². The highest BCUT2D eigenvalue weighted by Crippen LogP contribution is 2.36. The Kier molecular flexibility index (Phi) is 5.54. The minimum atomic E-state index is -0.996. The minimum Gasteiger partial charge on any atom is -0.480 e. The summed E-state index contributed by atoms with van der Waals surface area (Å²) < 4.78 is 1.73. The number of hydrogen-bond acceptors (Lipinski definition) is 6. The molecule has 0 aromatic carbocycles. The van der Waals surface area contributed by atoms with Gasteiger partial charge in [0.1, 0.15) is 6.04 Å². The van der Waals surface area contributed by atoms with Crippen LogP contribution in [0.25, 0.3) is 0 Å². The molecule has 1 saturated carbocycles. The van der Waals surface area contributed by atoms with E-state index in [1.807, 2.05) is 6.92 Å². The standard InChI is InChI=1S/C12H19N5O3S/c1-2-3-4-9(11(19)20)13-10(18)7-21-12-14-15-16-17(12)8-5-6-8/h8-9H,2-7H2,1H3,(H,13,18)(H,19,20). The molecule has 2 N–H and O–H groups in total. The fourth-order valence-electron chi connectivity index (χ4n) is 1.86. The molecule has 1 aromatic heterocycles. The Morgan fingerprint density at radius 2 is 2.29 bits per heavy atom. The van der Waals surface area contributed by atoms with Crippen LogP contribution in [0.1, 0.15) is 45.1 Å². The number of tetrazole rings is 1. The van der Waals surface area contributed by atoms with Crippen molar-refractivity contribution in [2.24, 2.45) is 0 Å². The van der Waals surface area contributed by atoms with Crippen molar-refractivity contribution in [3.63, 3.8) is 0 Å². The summed E-state index contributed by atoms with van der Waals surface area (Å²) in [6.45, 7) is 1.98. The summed E-state index contributed by atoms with van der Waals surface area (Å²) in [5.74, 6) is -1.19. The molecule has 1 atom stereocenters. The number of rotatable bonds is 9. The average Bonchev–Trinajstić information content (AvgIpc) is 3.19. The normalized spacial score (nSPS) is 15.7. The first-order valence-electron chi connectivity index (χ1n) is 7.04. The van der Waals surface area contributed by atoms with Gasteiger partial charge in [-0.3, -0.25) is 4.79 Å². The van der Waals surface area contributed by atoms with Crippen LogP contribution in [0, 0.1) is 0 Å². The third-order valence-electron chi connectivity index (χ3n) is 3.17. The first-order chi connectivity index (χ1) is 10.1. The molecule has 1 aliphatic rings. The van der Waals surface area contributed by atoms with E-state index in [-0.39, 0.29) is 11.7 Å². The maximum absolute atomic E-state index is 11.8. The van der Waals surface area contributed by atoms with E-state index < -0.39 is 12.0 Å². The van der Waals surface area contributed by atoms with Crippen LogP contribution in [0.3, 0.4) is 0 Å². The van der Waals surface area contributed by atoms with E-state index in [2.05, 4.69) is 20.8 Å². The van der Waals surface area contributed by atoms with E-state index in [4.69, 9.17) is 5.11 Å². The molecule has 1 aromatic rings. The van der Waals surface area contributed by atoms with Gasteiger partial charge in [-0.25, -0.2) is 9.48 Å². The van der Waals surface area contributed by atoms with Gasteiger partial charge in [0.15, 0.2) is 0 Å². The number of aliphatic carboxylic acids is 1. The number of aromatic nitrogens is 4. The molecule has 8 nitrogen and oxygen atoms in total. The van der Waals surface area contributed by atoms with Gasteiger partial charge < -0.3 is 10.4 Å². The second-order valence-corrected chi connectivity index (χ2v) is 5.97. The van der Waals surface area contributed by atoms with E-state index >= 15 is 0 Å². The highest BCUT2D eigenvalue weighted by atomic mass is 32.2. The van der Waals surface area contributed by atoms with Crippen molar-refractivity contribution in [2.75, 3.05) is 5.75 Å². The monoisotopic (exact) mass is 313 g/mol. The summed E-state index contributed by atoms with van der Waals surface area (Å²) in [5, 5.41) is 23.6. The van der Waals surface area contributed by atoms with Gasteiger partial charge in [0.05, 0.1) is 11.8 Å². The molecule has 1 aliphatic carbocycles. The summed E-state index contributed by atoms with van der Waals surface area (Å²) in [6, 6.07) is -0.473. The van der Waals surface area contributed by atoms with Gasteiger partial charge in [-0.05, 0) is 29.7 Å². The second kappa shape index (κ2) is 7.39. The molecule has 1 heterocycles. The first kappa shape index (κ1) is 15.7. The molecule has 0 saturated heterocycles. The fourth-order valence-corrected chi connectivity index (χ4v) is 2.62. The SMILES string of the molecule is CCCCC(NC(=O)CSc1nnnn1C1CC1)C(=O)O. The zero-order valence-electron chi connectivity index (χ0n) is 11.9. The highest BCUT2D eigenvalue weighted by Gasteiger charge is 2.28. The molecule has 0 radical (unpaired) electrons. The van der Waals surface area contributed by atoms with Crippen LogP contribution in [-0.4, -0.2) is 49.0 Å². The number of thioether (sulfide) groups is 1. The molecule has 1 amide bonds. The summed E-state index contributed by atoms with van der Waals surface area (Å²) in [7, 11) is 0. The molecule has 21 heavy (non-hydrogen) atoms. The number of carbonyl (C=O) groups is 2. The molecule has 116 valence electrons. The summed E-state index contributed by atoms with van der Waals surface area (Å²) in [5.41, 5.74) is 0. The zero-order chi connectivity index (χ0) is 15.2. The van der Waals surface area contributed by atoms with Gasteiger partial charge in [0.2, 0.25) is 11.1 Å². The van der Waals surface area contributed by atoms with Crippen molar-refractivity contribution >= 4 is 23.6 Å². The van der Waals surface area contributed by atoms with Crippen LogP contribution in [0.4, 0.5) is 0 Å². The molecule has 1 unspecified atom stereocenters. The third-order valence-corrected chi connectivity index (χ3v) is 4.10. The number of carbonyl (C=O) groups excluding carboxylic acids is 1. The number of carboxylic acid groups (broad SMARTS) is 1. The van der Waals surface area contributed by atoms with Crippen molar-refractivity contribution in [1.82, 2.24) is 25.5 Å². The van der Waals surface area contributed by atoms with E-state index in [9.17, 15) is 9.59 Å². The number of unbranched alkanes of at least 4 members (excludes halogenated alkanes) is 1. The van der Waals surface area contributed by atoms with Gasteiger partial charge in [-0.2, -0.15) is 0 Å². The fraction of sp³-hybridized carbons (Fsp3) is 0.750. The predicted molar refractivity (Wildman–Crippen MR) is 75.9 cm³/mol. The number of hydrogen-bond donors (Lipinski definition) is 2. The Morgan fingerprint density at radius 1 is 1.52 bits per heavy atom. The van der Waals surface area contributed by atoms with E-state index in [0.29, 0.717) is 17.6 Å². The van der Waals surface area contributed by atoms with Crippen molar-refractivity contribution in [1.29, 1.82) is 0 Å². The molecule has 1 fully saturated rings. The Morgan fingerprint density at radius 3 is 2.90 bits per heavy atom. The van der Waals surface area contributed by atoms with Crippen LogP contribution in [-0.2, 0) is 9.59 Å². The smallest absolute Gasteiger partial charge is 0.326 e. The lowest BCUT2D eigenvalue weighted by Crippen LogP contribution is -2.41. The number of carboxylic acids is 1. The summed E-state index contributed by atoms with van der Waals surface area (Å²) >= 11 is 1.23. The number of nitrogens with zero attached hydrogens (tertiary/aromatic N) is 4. The molecule has 2 rings (SSSR count). The van der Waals surface area contributed by atoms with Crippen LogP contribution in [0.15, 0.2) is 5.16 Å². The third kappa shape index (κ3) is 4.69. The molecule has 0 aliphatic heterocycles. The van der Waals surface area contributed by atoms with Crippen molar-refractivity contribution < 1.29 is 14.7 Å². The van der Waals surface area contributed by atoms with Gasteiger partial charge in [-0.15, -0.1) is 5.10 Å². The molecule has 0 bridgehead atoms. The zero-order valence-corrected chi connectivity index (χ0v) is 12.7. The second-order valence-electron chi connectivity index (χ2n) is 5.03. The van der Waals surface area contributed by atoms with Gasteiger partial charge in [0, 0.05) is 0 Å². The Bertz CT molecular complexity index is 503. The van der Waals surface area contributed by atoms with Gasteiger partial charge in [-0.1, -0.05) is 31.5 Å².